The van der Waals surface area contributed by atoms with Crippen molar-refractivity contribution in [2.45, 2.75) is 6.16 Å². The molecule has 0 aliphatic rings. The van der Waals surface area contributed by atoms with Crippen LogP contribution >= 0.6 is 14.4 Å². The van der Waals surface area contributed by atoms with Gasteiger partial charge >= 0.3 is 104 Å². The molecule has 0 fully saturated rings. The number of benzene rings is 1. The first-order valence-corrected chi connectivity index (χ1v) is 11.2. The van der Waals surface area contributed by atoms with E-state index >= 15 is 0 Å². The minimum absolute atomic E-state index is 0.799. The zero-order valence-corrected chi connectivity index (χ0v) is 13.0. The molecule has 98 valence electrons. The van der Waals surface area contributed by atoms with Gasteiger partial charge in [-0.1, -0.05) is 0 Å². The molecular weight excluding hydrogens is 254 g/mol. The molecule has 1 unspecified atom stereocenters. The SMILES string of the molecule is COP(C)(=O)OP(C)(C)(C)Cc1ccccc1. The van der Waals surface area contributed by atoms with Gasteiger partial charge < -0.3 is 0 Å². The van der Waals surface area contributed by atoms with Gasteiger partial charge in [0.2, 0.25) is 0 Å². The fraction of sp³-hybridized carbons (Fsp3) is 0.500. The van der Waals surface area contributed by atoms with Crippen LogP contribution in [0.1, 0.15) is 5.56 Å². The molecule has 0 radical (unpaired) electrons. The first-order chi connectivity index (χ1) is 7.61. The van der Waals surface area contributed by atoms with Gasteiger partial charge in [-0.15, -0.1) is 0 Å². The molecule has 1 atom stereocenters. The van der Waals surface area contributed by atoms with Crippen LogP contribution in [-0.4, -0.2) is 33.8 Å². The van der Waals surface area contributed by atoms with Crippen LogP contribution in [0.4, 0.5) is 0 Å². The van der Waals surface area contributed by atoms with E-state index in [4.69, 9.17) is 8.83 Å². The Morgan fingerprint density at radius 3 is 2.18 bits per heavy atom. The summed E-state index contributed by atoms with van der Waals surface area (Å²) in [5.41, 5.74) is 1.20. The summed E-state index contributed by atoms with van der Waals surface area (Å²) in [6.07, 6.45) is 0.799. The number of hydrogen-bond donors (Lipinski definition) is 0. The quantitative estimate of drug-likeness (QED) is 0.762. The van der Waals surface area contributed by atoms with Gasteiger partial charge in [0.05, 0.1) is 0 Å². The van der Waals surface area contributed by atoms with Crippen LogP contribution in [0.15, 0.2) is 30.3 Å². The molecule has 0 saturated carbocycles. The third-order valence-electron chi connectivity index (χ3n) is 2.35. The molecule has 0 aliphatic heterocycles. The van der Waals surface area contributed by atoms with E-state index in [2.05, 4.69) is 32.1 Å². The molecule has 0 aliphatic carbocycles. The normalized spacial score (nSPS) is 18.1. The second-order valence-corrected chi connectivity index (χ2v) is 14.5. The maximum absolute atomic E-state index is 12.0. The standard InChI is InChI=1S/C12H22O3P2/c1-14-16(2,13)15-17(3,4,5)11-12-9-7-6-8-10-12/h6-10H,11H2,1-5H3. The fourth-order valence-corrected chi connectivity index (χ4v) is 8.17. The molecule has 17 heavy (non-hydrogen) atoms. The third kappa shape index (κ3) is 5.31. The maximum atomic E-state index is 12.0. The van der Waals surface area contributed by atoms with Gasteiger partial charge in [-0.2, -0.15) is 0 Å². The molecule has 0 heterocycles. The minimum atomic E-state index is -2.94. The van der Waals surface area contributed by atoms with E-state index in [0.717, 1.165) is 6.16 Å². The van der Waals surface area contributed by atoms with Crippen LogP contribution in [0.3, 0.4) is 0 Å². The Labute approximate surface area is 104 Å². The summed E-state index contributed by atoms with van der Waals surface area (Å²) >= 11 is 0. The van der Waals surface area contributed by atoms with Crippen LogP contribution in [0.25, 0.3) is 0 Å². The molecule has 0 bridgehead atoms. The first-order valence-electron chi connectivity index (χ1n) is 5.51. The van der Waals surface area contributed by atoms with E-state index in [1.807, 2.05) is 18.2 Å². The third-order valence-corrected chi connectivity index (χ3v) is 8.06. The van der Waals surface area contributed by atoms with Crippen molar-refractivity contribution >= 4 is 14.4 Å². The average Bonchev–Trinajstić information content (AvgIpc) is 2.15. The molecule has 1 aromatic rings. The van der Waals surface area contributed by atoms with Crippen LogP contribution in [-0.2, 0) is 19.6 Å². The predicted octanol–water partition coefficient (Wildman–Crippen LogP) is 4.03. The van der Waals surface area contributed by atoms with Gasteiger partial charge in [-0.3, -0.25) is 0 Å². The zero-order chi connectivity index (χ0) is 13.2. The Balaban J connectivity index is 2.89. The molecule has 0 aromatic heterocycles. The van der Waals surface area contributed by atoms with Gasteiger partial charge in [0.15, 0.2) is 0 Å². The summed E-state index contributed by atoms with van der Waals surface area (Å²) in [7, 11) is -1.51. The molecule has 0 amide bonds. The summed E-state index contributed by atoms with van der Waals surface area (Å²) in [4.78, 5) is 0. The van der Waals surface area contributed by atoms with Crippen LogP contribution in [0.5, 0.6) is 0 Å². The van der Waals surface area contributed by atoms with E-state index in [9.17, 15) is 4.57 Å². The molecule has 0 N–H and O–H groups in total. The Bertz CT molecular complexity index is 420. The van der Waals surface area contributed by atoms with Crippen molar-refractivity contribution in [2.75, 3.05) is 33.8 Å². The van der Waals surface area contributed by atoms with Crippen molar-refractivity contribution < 1.29 is 13.4 Å². The molecular formula is C12H22O3P2. The second-order valence-electron chi connectivity index (χ2n) is 5.65. The monoisotopic (exact) mass is 276 g/mol. The van der Waals surface area contributed by atoms with Gasteiger partial charge in [-0.25, -0.2) is 0 Å². The Hall–Kier alpha value is -0.200. The molecule has 0 saturated heterocycles. The molecule has 5 heteroatoms. The number of rotatable bonds is 5. The van der Waals surface area contributed by atoms with E-state index < -0.39 is 14.4 Å². The van der Waals surface area contributed by atoms with Crippen LogP contribution < -0.4 is 0 Å². The summed E-state index contributed by atoms with van der Waals surface area (Å²) in [6, 6.07) is 10.1. The summed E-state index contributed by atoms with van der Waals surface area (Å²) in [5, 5.41) is 0. The van der Waals surface area contributed by atoms with Crippen molar-refractivity contribution in [3.63, 3.8) is 0 Å². The molecule has 3 nitrogen and oxygen atoms in total. The van der Waals surface area contributed by atoms with Crippen LogP contribution in [0.2, 0.25) is 0 Å². The van der Waals surface area contributed by atoms with Gasteiger partial charge in [0.25, 0.3) is 0 Å². The number of hydrogen-bond acceptors (Lipinski definition) is 3. The van der Waals surface area contributed by atoms with E-state index in [-0.39, 0.29) is 0 Å². The molecule has 0 spiro atoms. The van der Waals surface area contributed by atoms with Crippen molar-refractivity contribution in [3.05, 3.63) is 35.9 Å². The van der Waals surface area contributed by atoms with Crippen molar-refractivity contribution in [3.8, 4) is 0 Å². The summed E-state index contributed by atoms with van der Waals surface area (Å²) in [5.74, 6) is 0. The zero-order valence-electron chi connectivity index (χ0n) is 11.2. The van der Waals surface area contributed by atoms with Crippen molar-refractivity contribution in [1.82, 2.24) is 0 Å². The topological polar surface area (TPSA) is 35.5 Å². The summed E-state index contributed by atoms with van der Waals surface area (Å²) in [6.45, 7) is 5.25. The van der Waals surface area contributed by atoms with E-state index in [0.29, 0.717) is 0 Å². The summed E-state index contributed by atoms with van der Waals surface area (Å²) < 4.78 is 22.8. The first kappa shape index (κ1) is 14.9. The Morgan fingerprint density at radius 1 is 1.18 bits per heavy atom. The van der Waals surface area contributed by atoms with Gasteiger partial charge in [0, 0.05) is 0 Å². The molecule has 1 aromatic carbocycles. The van der Waals surface area contributed by atoms with E-state index in [1.165, 1.54) is 19.3 Å². The van der Waals surface area contributed by atoms with Crippen molar-refractivity contribution in [1.29, 1.82) is 0 Å². The van der Waals surface area contributed by atoms with Gasteiger partial charge in [0.1, 0.15) is 0 Å². The van der Waals surface area contributed by atoms with Crippen molar-refractivity contribution in [2.24, 2.45) is 0 Å². The van der Waals surface area contributed by atoms with Crippen LogP contribution in [0, 0.1) is 0 Å². The fourth-order valence-electron chi connectivity index (χ4n) is 1.82. The van der Waals surface area contributed by atoms with Gasteiger partial charge in [-0.05, 0) is 0 Å². The Kier molecular flexibility index (Phi) is 4.21. The molecule has 1 rings (SSSR count). The average molecular weight is 276 g/mol. The predicted molar refractivity (Wildman–Crippen MR) is 76.5 cm³/mol. The Morgan fingerprint density at radius 2 is 1.71 bits per heavy atom. The second kappa shape index (κ2) is 4.82. The van der Waals surface area contributed by atoms with E-state index in [1.54, 1.807) is 0 Å².